The lowest BCUT2D eigenvalue weighted by atomic mass is 10.0. The predicted molar refractivity (Wildman–Crippen MR) is 71.5 cm³/mol. The van der Waals surface area contributed by atoms with Crippen LogP contribution in [-0.2, 0) is 0 Å². The molecule has 2 unspecified atom stereocenters. The lowest BCUT2D eigenvalue weighted by Crippen LogP contribution is -2.50. The van der Waals surface area contributed by atoms with Crippen LogP contribution in [0.5, 0.6) is 11.5 Å². The normalized spacial score (nSPS) is 19.3. The second-order valence-electron chi connectivity index (χ2n) is 4.68. The van der Waals surface area contributed by atoms with Gasteiger partial charge in [0.1, 0.15) is 12.7 Å². The number of para-hydroxylation sites is 2. The second-order valence-corrected chi connectivity index (χ2v) is 4.68. The van der Waals surface area contributed by atoms with E-state index in [0.29, 0.717) is 6.61 Å². The van der Waals surface area contributed by atoms with Crippen LogP contribution in [0.25, 0.3) is 0 Å². The Balaban J connectivity index is 2.00. The molecule has 3 N–H and O–H groups in total. The summed E-state index contributed by atoms with van der Waals surface area (Å²) < 4.78 is 11.6. The molecule has 1 aliphatic heterocycles. The molecule has 4 heteroatoms. The van der Waals surface area contributed by atoms with E-state index in [1.165, 1.54) is 0 Å². The topological polar surface area (TPSA) is 56.5 Å². The molecule has 2 atom stereocenters. The maximum Gasteiger partial charge on any atom is 0.161 e. The number of allylic oxidation sites excluding steroid dienone is 1. The molecule has 0 bridgehead atoms. The number of rotatable bonds is 5. The molecule has 1 aromatic carbocycles. The van der Waals surface area contributed by atoms with E-state index >= 15 is 0 Å². The molecule has 2 rings (SSSR count). The van der Waals surface area contributed by atoms with Gasteiger partial charge in [0.15, 0.2) is 11.5 Å². The van der Waals surface area contributed by atoms with E-state index in [4.69, 9.17) is 15.3 Å². The standard InChI is InChI=1S/C14H20N2O2/c1-10(2)7-8-11(16-15)14-9-17-12-5-3-4-6-13(12)18-14/h3-6,11,14,16H,1,7-9,15H2,2H3. The molecule has 0 fully saturated rings. The first-order chi connectivity index (χ1) is 8.70. The molecule has 0 amide bonds. The fourth-order valence-corrected chi connectivity index (χ4v) is 2.01. The Morgan fingerprint density at radius 3 is 2.89 bits per heavy atom. The van der Waals surface area contributed by atoms with Gasteiger partial charge in [-0.05, 0) is 31.9 Å². The molecule has 1 aromatic rings. The van der Waals surface area contributed by atoms with Gasteiger partial charge in [0.25, 0.3) is 0 Å². The summed E-state index contributed by atoms with van der Waals surface area (Å²) in [5.74, 6) is 7.17. The highest BCUT2D eigenvalue weighted by molar-refractivity contribution is 5.40. The first-order valence-electron chi connectivity index (χ1n) is 6.19. The van der Waals surface area contributed by atoms with E-state index in [0.717, 1.165) is 29.9 Å². The summed E-state index contributed by atoms with van der Waals surface area (Å²) in [7, 11) is 0. The van der Waals surface area contributed by atoms with Crippen molar-refractivity contribution in [2.75, 3.05) is 6.61 Å². The fraction of sp³-hybridized carbons (Fsp3) is 0.429. The van der Waals surface area contributed by atoms with Gasteiger partial charge < -0.3 is 9.47 Å². The Bertz CT molecular complexity index is 420. The minimum Gasteiger partial charge on any atom is -0.486 e. The number of benzene rings is 1. The van der Waals surface area contributed by atoms with Crippen molar-refractivity contribution in [3.63, 3.8) is 0 Å². The lowest BCUT2D eigenvalue weighted by molar-refractivity contribution is 0.0596. The van der Waals surface area contributed by atoms with E-state index in [1.54, 1.807) is 0 Å². The van der Waals surface area contributed by atoms with Crippen molar-refractivity contribution >= 4 is 0 Å². The predicted octanol–water partition coefficient (Wildman–Crippen LogP) is 2.01. The third-order valence-corrected chi connectivity index (χ3v) is 3.08. The van der Waals surface area contributed by atoms with Gasteiger partial charge >= 0.3 is 0 Å². The average Bonchev–Trinajstić information content (AvgIpc) is 2.39. The van der Waals surface area contributed by atoms with Crippen LogP contribution in [0, 0.1) is 0 Å². The molecule has 0 saturated heterocycles. The van der Waals surface area contributed by atoms with Crippen molar-refractivity contribution in [1.82, 2.24) is 5.43 Å². The molecular formula is C14H20N2O2. The van der Waals surface area contributed by atoms with Crippen LogP contribution in [0.3, 0.4) is 0 Å². The number of fused-ring (bicyclic) bond motifs is 1. The summed E-state index contributed by atoms with van der Waals surface area (Å²) in [5.41, 5.74) is 3.96. The maximum absolute atomic E-state index is 5.92. The summed E-state index contributed by atoms with van der Waals surface area (Å²) in [6.07, 6.45) is 1.75. The largest absolute Gasteiger partial charge is 0.486 e. The van der Waals surface area contributed by atoms with Crippen LogP contribution >= 0.6 is 0 Å². The zero-order valence-corrected chi connectivity index (χ0v) is 10.7. The van der Waals surface area contributed by atoms with Crippen LogP contribution < -0.4 is 20.7 Å². The summed E-state index contributed by atoms with van der Waals surface area (Å²) in [4.78, 5) is 0. The molecule has 1 aliphatic rings. The second kappa shape index (κ2) is 5.89. The van der Waals surface area contributed by atoms with Crippen LogP contribution in [0.1, 0.15) is 19.8 Å². The van der Waals surface area contributed by atoms with E-state index in [1.807, 2.05) is 31.2 Å². The number of nitrogens with one attached hydrogen (secondary N) is 1. The molecule has 1 heterocycles. The number of hydrogen-bond acceptors (Lipinski definition) is 4. The number of hydrogen-bond donors (Lipinski definition) is 2. The van der Waals surface area contributed by atoms with Gasteiger partial charge in [-0.2, -0.15) is 0 Å². The van der Waals surface area contributed by atoms with Crippen molar-refractivity contribution in [3.8, 4) is 11.5 Å². The first kappa shape index (κ1) is 12.9. The molecule has 0 spiro atoms. The van der Waals surface area contributed by atoms with Gasteiger partial charge in [0.05, 0.1) is 6.04 Å². The molecule has 0 radical (unpaired) electrons. The highest BCUT2D eigenvalue weighted by atomic mass is 16.6. The van der Waals surface area contributed by atoms with Gasteiger partial charge in [-0.25, -0.2) is 0 Å². The SMILES string of the molecule is C=C(C)CCC(NN)C1COc2ccccc2O1. The molecule has 18 heavy (non-hydrogen) atoms. The van der Waals surface area contributed by atoms with E-state index in [-0.39, 0.29) is 12.1 Å². The highest BCUT2D eigenvalue weighted by Crippen LogP contribution is 2.32. The quantitative estimate of drug-likeness (QED) is 0.475. The van der Waals surface area contributed by atoms with E-state index in [2.05, 4.69) is 12.0 Å². The van der Waals surface area contributed by atoms with Crippen LogP contribution in [0.4, 0.5) is 0 Å². The molecule has 0 aromatic heterocycles. The summed E-state index contributed by atoms with van der Waals surface area (Å²) in [6.45, 7) is 6.43. The van der Waals surface area contributed by atoms with Crippen molar-refractivity contribution in [2.24, 2.45) is 5.84 Å². The van der Waals surface area contributed by atoms with Crippen molar-refractivity contribution in [3.05, 3.63) is 36.4 Å². The minimum atomic E-state index is -0.0655. The highest BCUT2D eigenvalue weighted by Gasteiger charge is 2.27. The summed E-state index contributed by atoms with van der Waals surface area (Å²) >= 11 is 0. The Labute approximate surface area is 108 Å². The first-order valence-corrected chi connectivity index (χ1v) is 6.19. The van der Waals surface area contributed by atoms with Gasteiger partial charge in [-0.3, -0.25) is 11.3 Å². The smallest absolute Gasteiger partial charge is 0.161 e. The van der Waals surface area contributed by atoms with E-state index < -0.39 is 0 Å². The zero-order valence-electron chi connectivity index (χ0n) is 10.7. The Kier molecular flexibility index (Phi) is 4.23. The third-order valence-electron chi connectivity index (χ3n) is 3.08. The molecule has 98 valence electrons. The van der Waals surface area contributed by atoms with Gasteiger partial charge in [-0.15, -0.1) is 6.58 Å². The van der Waals surface area contributed by atoms with Gasteiger partial charge in [0, 0.05) is 0 Å². The molecule has 4 nitrogen and oxygen atoms in total. The lowest BCUT2D eigenvalue weighted by Gasteiger charge is -2.31. The number of hydrazine groups is 1. The average molecular weight is 248 g/mol. The summed E-state index contributed by atoms with van der Waals surface area (Å²) in [5, 5.41) is 0. The molecular weight excluding hydrogens is 228 g/mol. The monoisotopic (exact) mass is 248 g/mol. The van der Waals surface area contributed by atoms with Crippen molar-refractivity contribution in [1.29, 1.82) is 0 Å². The zero-order chi connectivity index (χ0) is 13.0. The van der Waals surface area contributed by atoms with Crippen LogP contribution in [0.15, 0.2) is 36.4 Å². The number of nitrogens with two attached hydrogens (primary N) is 1. The third kappa shape index (κ3) is 3.03. The molecule has 0 aliphatic carbocycles. The van der Waals surface area contributed by atoms with Crippen LogP contribution in [0.2, 0.25) is 0 Å². The van der Waals surface area contributed by atoms with Crippen LogP contribution in [-0.4, -0.2) is 18.8 Å². The van der Waals surface area contributed by atoms with Gasteiger partial charge in [0.2, 0.25) is 0 Å². The summed E-state index contributed by atoms with van der Waals surface area (Å²) in [6, 6.07) is 7.75. The minimum absolute atomic E-state index is 0.0649. The number of ether oxygens (including phenoxy) is 2. The Morgan fingerprint density at radius 2 is 2.22 bits per heavy atom. The maximum atomic E-state index is 5.92. The fourth-order valence-electron chi connectivity index (χ4n) is 2.01. The van der Waals surface area contributed by atoms with Crippen molar-refractivity contribution in [2.45, 2.75) is 31.9 Å². The molecule has 0 saturated carbocycles. The Morgan fingerprint density at radius 1 is 1.50 bits per heavy atom. The Hall–Kier alpha value is -1.52. The van der Waals surface area contributed by atoms with Crippen molar-refractivity contribution < 1.29 is 9.47 Å². The van der Waals surface area contributed by atoms with Gasteiger partial charge in [-0.1, -0.05) is 17.7 Å². The van der Waals surface area contributed by atoms with E-state index in [9.17, 15) is 0 Å².